The molecule has 1 atom stereocenters. The molecule has 0 aliphatic heterocycles. The third-order valence-electron chi connectivity index (χ3n) is 4.96. The number of carbonyl (C=O) groups excluding carboxylic acids is 1. The first-order valence-electron chi connectivity index (χ1n) is 10.1. The first-order valence-corrected chi connectivity index (χ1v) is 11.8. The third-order valence-corrected chi connectivity index (χ3v) is 7.21. The summed E-state index contributed by atoms with van der Waals surface area (Å²) in [7, 11) is 0. The second-order valence-electron chi connectivity index (χ2n) is 9.50. The van der Waals surface area contributed by atoms with E-state index in [-0.39, 0.29) is 31.6 Å². The first kappa shape index (κ1) is 21.6. The molecule has 0 amide bonds. The molecule has 0 aromatic heterocycles. The number of Topliss-reactive ketones (excluding diaryl/α,β-unsaturated/α-hetero) is 1. The van der Waals surface area contributed by atoms with Gasteiger partial charge in [0.1, 0.15) is 0 Å². The Morgan fingerprint density at radius 1 is 0.828 bits per heavy atom. The summed E-state index contributed by atoms with van der Waals surface area (Å²) in [5, 5.41) is 4.97. The van der Waals surface area contributed by atoms with E-state index in [9.17, 15) is 4.79 Å². The fourth-order valence-corrected chi connectivity index (χ4v) is 5.17. The van der Waals surface area contributed by atoms with Crippen molar-refractivity contribution in [2.24, 2.45) is 10.8 Å². The van der Waals surface area contributed by atoms with E-state index in [4.69, 9.17) is 5.32 Å². The van der Waals surface area contributed by atoms with Crippen molar-refractivity contribution in [2.75, 3.05) is 0 Å². The fourth-order valence-electron chi connectivity index (χ4n) is 3.24. The molecule has 0 bridgehead atoms. The second-order valence-corrected chi connectivity index (χ2v) is 11.8. The number of hydrogen-bond donors (Lipinski definition) is 0. The van der Waals surface area contributed by atoms with Crippen LogP contribution in [0.4, 0.5) is 5.69 Å². The summed E-state index contributed by atoms with van der Waals surface area (Å²) in [6.07, 6.45) is 4.15. The van der Waals surface area contributed by atoms with Gasteiger partial charge in [-0.1, -0.05) is 0 Å². The van der Waals surface area contributed by atoms with Crippen LogP contribution < -0.4 is 8.92 Å². The third kappa shape index (κ3) is 5.29. The zero-order valence-corrected chi connectivity index (χ0v) is 19.9. The molecule has 2 aromatic rings. The van der Waals surface area contributed by atoms with Crippen LogP contribution in [0.1, 0.15) is 41.5 Å². The number of benzene rings is 2. The summed E-state index contributed by atoms with van der Waals surface area (Å²) in [5.41, 5.74) is 2.74. The number of carbonyl (C=O) groups is 1. The average Bonchev–Trinajstić information content (AvgIpc) is 2.64. The van der Waals surface area contributed by atoms with Gasteiger partial charge in [0.25, 0.3) is 0 Å². The van der Waals surface area contributed by atoms with Crippen molar-refractivity contribution in [3.05, 3.63) is 83.2 Å². The SMILES string of the molecule is CC(C)(C)C1=CC([N-]c2ccccc2[Se]c2ccccc2)C(=O)C(C(C)(C)C)=C1. The molecule has 1 unspecified atom stereocenters. The summed E-state index contributed by atoms with van der Waals surface area (Å²) < 4.78 is 2.51. The van der Waals surface area contributed by atoms with Crippen molar-refractivity contribution in [3.63, 3.8) is 0 Å². The molecule has 1 aliphatic carbocycles. The van der Waals surface area contributed by atoms with Crippen LogP contribution in [0.15, 0.2) is 77.9 Å². The molecular weight excluding hydrogens is 421 g/mol. The van der Waals surface area contributed by atoms with Gasteiger partial charge >= 0.3 is 182 Å². The van der Waals surface area contributed by atoms with Gasteiger partial charge in [-0.3, -0.25) is 0 Å². The molecule has 0 N–H and O–H groups in total. The summed E-state index contributed by atoms with van der Waals surface area (Å²) in [5.74, 6) is 0.118. The van der Waals surface area contributed by atoms with E-state index in [2.05, 4.69) is 90.1 Å². The maximum atomic E-state index is 13.3. The average molecular weight is 451 g/mol. The van der Waals surface area contributed by atoms with Gasteiger partial charge < -0.3 is 0 Å². The van der Waals surface area contributed by atoms with Crippen LogP contribution in [0.25, 0.3) is 5.32 Å². The molecule has 0 saturated heterocycles. The van der Waals surface area contributed by atoms with Crippen molar-refractivity contribution in [1.82, 2.24) is 0 Å². The van der Waals surface area contributed by atoms with E-state index in [0.717, 1.165) is 11.3 Å². The molecular formula is C26H30NOSe-. The van der Waals surface area contributed by atoms with Crippen molar-refractivity contribution in [3.8, 4) is 0 Å². The van der Waals surface area contributed by atoms with Gasteiger partial charge in [0.15, 0.2) is 0 Å². The minimum absolute atomic E-state index is 0.0293. The number of nitrogens with zero attached hydrogens (tertiary/aromatic N) is 1. The molecule has 1 aliphatic rings. The fraction of sp³-hybridized carbons (Fsp3) is 0.346. The molecule has 0 saturated carbocycles. The summed E-state index contributed by atoms with van der Waals surface area (Å²) in [6.45, 7) is 12.9. The van der Waals surface area contributed by atoms with E-state index in [1.54, 1.807) is 0 Å². The zero-order chi connectivity index (χ0) is 21.2. The number of para-hydroxylation sites is 1. The van der Waals surface area contributed by atoms with Gasteiger partial charge in [0.2, 0.25) is 0 Å². The monoisotopic (exact) mass is 452 g/mol. The molecule has 0 fully saturated rings. The van der Waals surface area contributed by atoms with Crippen molar-refractivity contribution < 1.29 is 4.79 Å². The Bertz CT molecular complexity index is 943. The quantitative estimate of drug-likeness (QED) is 0.585. The number of allylic oxidation sites excluding steroid dienone is 2. The second kappa shape index (κ2) is 8.34. The Hall–Kier alpha value is -2.09. The Balaban J connectivity index is 1.94. The first-order chi connectivity index (χ1) is 13.6. The van der Waals surface area contributed by atoms with E-state index in [1.807, 2.05) is 18.2 Å². The summed E-state index contributed by atoms with van der Waals surface area (Å²) in [6, 6.07) is 18.2. The minimum atomic E-state index is -0.462. The molecule has 2 aromatic carbocycles. The van der Waals surface area contributed by atoms with Crippen LogP contribution in [-0.2, 0) is 4.79 Å². The molecule has 3 rings (SSSR count). The zero-order valence-electron chi connectivity index (χ0n) is 18.2. The Kier molecular flexibility index (Phi) is 6.21. The number of ketones is 1. The van der Waals surface area contributed by atoms with Gasteiger partial charge in [0.05, 0.1) is 0 Å². The molecule has 0 heterocycles. The van der Waals surface area contributed by atoms with Gasteiger partial charge in [-0.15, -0.1) is 0 Å². The topological polar surface area (TPSA) is 31.2 Å². The van der Waals surface area contributed by atoms with Crippen molar-refractivity contribution >= 4 is 35.4 Å². The molecule has 2 nitrogen and oxygen atoms in total. The van der Waals surface area contributed by atoms with Crippen LogP contribution in [0.3, 0.4) is 0 Å². The molecule has 29 heavy (non-hydrogen) atoms. The maximum absolute atomic E-state index is 13.3. The van der Waals surface area contributed by atoms with Crippen molar-refractivity contribution in [2.45, 2.75) is 47.6 Å². The molecule has 3 heteroatoms. The Labute approximate surface area is 181 Å². The van der Waals surface area contributed by atoms with Crippen molar-refractivity contribution in [1.29, 1.82) is 0 Å². The predicted molar refractivity (Wildman–Crippen MR) is 125 cm³/mol. The predicted octanol–water partition coefficient (Wildman–Crippen LogP) is 5.24. The Morgan fingerprint density at radius 3 is 2.07 bits per heavy atom. The van der Waals surface area contributed by atoms with Gasteiger partial charge in [-0.2, -0.15) is 0 Å². The van der Waals surface area contributed by atoms with Gasteiger partial charge in [-0.05, 0) is 0 Å². The van der Waals surface area contributed by atoms with Crippen LogP contribution >= 0.6 is 0 Å². The number of rotatable bonds is 4. The Morgan fingerprint density at radius 2 is 1.45 bits per heavy atom. The van der Waals surface area contributed by atoms with E-state index >= 15 is 0 Å². The van der Waals surface area contributed by atoms with E-state index < -0.39 is 6.04 Å². The molecule has 0 spiro atoms. The van der Waals surface area contributed by atoms with Gasteiger partial charge in [0, 0.05) is 0 Å². The molecule has 0 radical (unpaired) electrons. The summed E-state index contributed by atoms with van der Waals surface area (Å²) >= 11 is 0.151. The molecule has 152 valence electrons. The van der Waals surface area contributed by atoms with Crippen LogP contribution in [0, 0.1) is 10.8 Å². The van der Waals surface area contributed by atoms with Crippen LogP contribution in [-0.4, -0.2) is 26.8 Å². The van der Waals surface area contributed by atoms with E-state index in [1.165, 1.54) is 14.5 Å². The summed E-state index contributed by atoms with van der Waals surface area (Å²) in [4.78, 5) is 13.3. The standard InChI is InChI=1S/C26H30NOSe/c1-25(2,3)18-16-20(26(4,5)6)24(28)22(17-18)27-21-14-10-11-15-23(21)29-19-12-8-7-9-13-19/h7-17,22H,1-6H3/q-1. The normalized spacial score (nSPS) is 17.6. The van der Waals surface area contributed by atoms with Gasteiger partial charge in [-0.25, -0.2) is 0 Å². The van der Waals surface area contributed by atoms with Crippen LogP contribution in [0.5, 0.6) is 0 Å². The number of hydrogen-bond acceptors (Lipinski definition) is 1. The van der Waals surface area contributed by atoms with Crippen LogP contribution in [0.2, 0.25) is 0 Å². The van der Waals surface area contributed by atoms with E-state index in [0.29, 0.717) is 0 Å².